The van der Waals surface area contributed by atoms with Crippen LogP contribution in [0.15, 0.2) is 85.0 Å². The van der Waals surface area contributed by atoms with E-state index in [1.54, 1.807) is 18.2 Å². The fourth-order valence-corrected chi connectivity index (χ4v) is 1.72. The van der Waals surface area contributed by atoms with Crippen LogP contribution in [0.5, 0.6) is 0 Å². The topological polar surface area (TPSA) is 0 Å². The van der Waals surface area contributed by atoms with E-state index in [0.29, 0.717) is 0 Å². The molecular formula is C19H18. The van der Waals surface area contributed by atoms with Crippen LogP contribution in [-0.4, -0.2) is 0 Å². The predicted octanol–water partition coefficient (Wildman–Crippen LogP) is 4.95. The van der Waals surface area contributed by atoms with Crippen molar-refractivity contribution in [3.8, 4) is 12.3 Å². The minimum absolute atomic E-state index is 0.957. The number of hydrogen-bond donors (Lipinski definition) is 0. The van der Waals surface area contributed by atoms with Gasteiger partial charge in [0.1, 0.15) is 0 Å². The van der Waals surface area contributed by atoms with Gasteiger partial charge in [-0.3, -0.25) is 0 Å². The second-order valence-electron chi connectivity index (χ2n) is 4.02. The third kappa shape index (κ3) is 4.33. The Bertz CT molecular complexity index is 572. The van der Waals surface area contributed by atoms with Gasteiger partial charge in [0.15, 0.2) is 0 Å². The van der Waals surface area contributed by atoms with Crippen LogP contribution in [0.1, 0.15) is 12.5 Å². The van der Waals surface area contributed by atoms with Crippen molar-refractivity contribution in [2.45, 2.75) is 6.92 Å². The van der Waals surface area contributed by atoms with Gasteiger partial charge in [0, 0.05) is 0 Å². The summed E-state index contributed by atoms with van der Waals surface area (Å²) in [6, 6.07) is 10.2. The molecule has 0 amide bonds. The molecular weight excluding hydrogens is 228 g/mol. The molecule has 0 spiro atoms. The molecule has 0 atom stereocenters. The Balaban J connectivity index is 3.20. The third-order valence-electron chi connectivity index (χ3n) is 2.69. The summed E-state index contributed by atoms with van der Waals surface area (Å²) >= 11 is 0. The molecule has 0 aliphatic heterocycles. The van der Waals surface area contributed by atoms with E-state index in [2.05, 4.69) is 44.2 Å². The molecule has 1 rings (SSSR count). The number of allylic oxidation sites excluding steroid dienone is 8. The highest BCUT2D eigenvalue weighted by atomic mass is 14.0. The van der Waals surface area contributed by atoms with Crippen molar-refractivity contribution in [2.24, 2.45) is 0 Å². The quantitative estimate of drug-likeness (QED) is 0.509. The summed E-state index contributed by atoms with van der Waals surface area (Å²) in [5, 5.41) is 0. The highest BCUT2D eigenvalue weighted by molar-refractivity contribution is 5.69. The van der Waals surface area contributed by atoms with Crippen molar-refractivity contribution in [3.05, 3.63) is 90.6 Å². The number of hydrogen-bond acceptors (Lipinski definition) is 0. The fourth-order valence-electron chi connectivity index (χ4n) is 1.72. The van der Waals surface area contributed by atoms with Gasteiger partial charge in [0.25, 0.3) is 0 Å². The van der Waals surface area contributed by atoms with Crippen molar-refractivity contribution in [1.82, 2.24) is 0 Å². The van der Waals surface area contributed by atoms with Gasteiger partial charge in [0.05, 0.1) is 0 Å². The highest BCUT2D eigenvalue weighted by Crippen LogP contribution is 2.20. The SMILES string of the molecule is C#C/C=C(\C=C(/C)c1ccccc1)C(/C=C)=C/C=C. The molecule has 0 aliphatic rings. The Hall–Kier alpha value is -2.52. The van der Waals surface area contributed by atoms with Crippen LogP contribution in [0.2, 0.25) is 0 Å². The van der Waals surface area contributed by atoms with E-state index < -0.39 is 0 Å². The van der Waals surface area contributed by atoms with Crippen molar-refractivity contribution >= 4 is 5.57 Å². The Morgan fingerprint density at radius 3 is 2.37 bits per heavy atom. The first kappa shape index (κ1) is 14.5. The molecule has 1 aromatic carbocycles. The molecule has 0 radical (unpaired) electrons. The lowest BCUT2D eigenvalue weighted by Crippen LogP contribution is -1.86. The van der Waals surface area contributed by atoms with E-state index in [0.717, 1.165) is 16.7 Å². The number of benzene rings is 1. The molecule has 0 aliphatic carbocycles. The molecule has 0 nitrogen and oxygen atoms in total. The summed E-state index contributed by atoms with van der Waals surface area (Å²) in [5.41, 5.74) is 4.24. The zero-order valence-corrected chi connectivity index (χ0v) is 11.3. The smallest absolute Gasteiger partial charge is 0.00428 e. The second kappa shape index (κ2) is 7.74. The Morgan fingerprint density at radius 1 is 1.16 bits per heavy atom. The average molecular weight is 246 g/mol. The Labute approximate surface area is 116 Å². The summed E-state index contributed by atoms with van der Waals surface area (Å²) in [5.74, 6) is 2.57. The molecule has 0 unspecified atom stereocenters. The van der Waals surface area contributed by atoms with Crippen LogP contribution in [0.3, 0.4) is 0 Å². The molecule has 1 aromatic rings. The monoisotopic (exact) mass is 246 g/mol. The van der Waals surface area contributed by atoms with Gasteiger partial charge in [0.2, 0.25) is 0 Å². The van der Waals surface area contributed by atoms with Crippen LogP contribution >= 0.6 is 0 Å². The highest BCUT2D eigenvalue weighted by Gasteiger charge is 2.00. The summed E-state index contributed by atoms with van der Waals surface area (Å²) in [6.07, 6.45) is 14.6. The van der Waals surface area contributed by atoms with E-state index in [1.165, 1.54) is 5.56 Å². The number of terminal acetylenes is 1. The molecule has 19 heavy (non-hydrogen) atoms. The first-order valence-corrected chi connectivity index (χ1v) is 6.08. The molecule has 0 saturated heterocycles. The molecule has 0 heterocycles. The molecule has 0 bridgehead atoms. The number of rotatable bonds is 5. The second-order valence-corrected chi connectivity index (χ2v) is 4.02. The van der Waals surface area contributed by atoms with Crippen LogP contribution in [0.4, 0.5) is 0 Å². The zero-order valence-electron chi connectivity index (χ0n) is 11.3. The summed E-state index contributed by atoms with van der Waals surface area (Å²) < 4.78 is 0. The van der Waals surface area contributed by atoms with E-state index in [1.807, 2.05) is 24.3 Å². The van der Waals surface area contributed by atoms with Crippen molar-refractivity contribution in [1.29, 1.82) is 0 Å². The van der Waals surface area contributed by atoms with Gasteiger partial charge in [-0.1, -0.05) is 73.7 Å². The molecule has 0 heteroatoms. The van der Waals surface area contributed by atoms with Gasteiger partial charge in [-0.2, -0.15) is 0 Å². The van der Waals surface area contributed by atoms with E-state index in [4.69, 9.17) is 6.42 Å². The van der Waals surface area contributed by atoms with Crippen LogP contribution < -0.4 is 0 Å². The van der Waals surface area contributed by atoms with Gasteiger partial charge in [-0.05, 0) is 35.3 Å². The maximum absolute atomic E-state index is 5.39. The Morgan fingerprint density at radius 2 is 1.84 bits per heavy atom. The van der Waals surface area contributed by atoms with E-state index in [-0.39, 0.29) is 0 Å². The van der Waals surface area contributed by atoms with Crippen LogP contribution in [0.25, 0.3) is 5.57 Å². The maximum atomic E-state index is 5.39. The Kier molecular flexibility index (Phi) is 5.92. The van der Waals surface area contributed by atoms with Gasteiger partial charge in [-0.25, -0.2) is 0 Å². The molecule has 0 saturated carbocycles. The fraction of sp³-hybridized carbons (Fsp3) is 0.0526. The standard InChI is InChI=1S/C19H18/c1-5-11-17(7-3)19(12-6-2)15-16(4)18-13-9-8-10-14-18/h2,5,7-15H,1,3H2,4H3/b16-15+,17-11+,19-12+. The first-order chi connectivity index (χ1) is 9.22. The lowest BCUT2D eigenvalue weighted by molar-refractivity contribution is 1.51. The minimum atomic E-state index is 0.957. The average Bonchev–Trinajstić information content (AvgIpc) is 2.45. The van der Waals surface area contributed by atoms with E-state index >= 15 is 0 Å². The van der Waals surface area contributed by atoms with Crippen molar-refractivity contribution in [2.75, 3.05) is 0 Å². The molecule has 0 N–H and O–H groups in total. The van der Waals surface area contributed by atoms with Gasteiger partial charge >= 0.3 is 0 Å². The summed E-state index contributed by atoms with van der Waals surface area (Å²) in [7, 11) is 0. The zero-order chi connectivity index (χ0) is 14.1. The van der Waals surface area contributed by atoms with Crippen LogP contribution in [0, 0.1) is 12.3 Å². The van der Waals surface area contributed by atoms with Gasteiger partial charge < -0.3 is 0 Å². The molecule has 0 fully saturated rings. The van der Waals surface area contributed by atoms with Crippen molar-refractivity contribution < 1.29 is 0 Å². The van der Waals surface area contributed by atoms with Crippen molar-refractivity contribution in [3.63, 3.8) is 0 Å². The largest absolute Gasteiger partial charge is 0.115 e. The lowest BCUT2D eigenvalue weighted by atomic mass is 9.99. The molecule has 0 aromatic heterocycles. The lowest BCUT2D eigenvalue weighted by Gasteiger charge is -2.06. The van der Waals surface area contributed by atoms with E-state index in [9.17, 15) is 0 Å². The van der Waals surface area contributed by atoms with Crippen LogP contribution in [-0.2, 0) is 0 Å². The first-order valence-electron chi connectivity index (χ1n) is 6.08. The molecule has 94 valence electrons. The summed E-state index contributed by atoms with van der Waals surface area (Å²) in [6.45, 7) is 9.58. The minimum Gasteiger partial charge on any atom is -0.115 e. The van der Waals surface area contributed by atoms with Gasteiger partial charge in [-0.15, -0.1) is 6.42 Å². The third-order valence-corrected chi connectivity index (χ3v) is 2.69. The summed E-state index contributed by atoms with van der Waals surface area (Å²) in [4.78, 5) is 0. The maximum Gasteiger partial charge on any atom is -0.00428 e. The predicted molar refractivity (Wildman–Crippen MR) is 85.5 cm³/mol. The normalized spacial score (nSPS) is 12.7.